The molecular weight excluding hydrogens is 634 g/mol. The quantitative estimate of drug-likeness (QED) is 0.134. The molecule has 1 atom stereocenters. The van der Waals surface area contributed by atoms with Gasteiger partial charge in [-0.1, -0.05) is 18.2 Å². The average Bonchev–Trinajstić information content (AvgIpc) is 3.13. The topological polar surface area (TPSA) is 127 Å². The van der Waals surface area contributed by atoms with Gasteiger partial charge in [-0.2, -0.15) is 0 Å². The van der Waals surface area contributed by atoms with E-state index < -0.39 is 0 Å². The molecule has 11 heteroatoms. The molecule has 50 heavy (non-hydrogen) atoms. The van der Waals surface area contributed by atoms with Crippen molar-refractivity contribution in [3.63, 3.8) is 0 Å². The number of ether oxygens (including phenoxy) is 3. The number of likely N-dealkylation sites (tertiary alicyclic amines) is 1. The fraction of sp³-hybridized carbons (Fsp3) is 0.462. The third kappa shape index (κ3) is 10.3. The number of unbranched alkanes of at least 4 members (excludes halogenated alkanes) is 1. The second-order valence-corrected chi connectivity index (χ2v) is 13.0. The van der Waals surface area contributed by atoms with Gasteiger partial charge in [0.2, 0.25) is 0 Å². The molecule has 0 bridgehead atoms. The van der Waals surface area contributed by atoms with E-state index in [1.165, 1.54) is 7.11 Å². The van der Waals surface area contributed by atoms with Crippen molar-refractivity contribution in [3.05, 3.63) is 77.4 Å². The number of aldehydes is 1. The lowest BCUT2D eigenvalue weighted by atomic mass is 10.0. The van der Waals surface area contributed by atoms with E-state index in [0.717, 1.165) is 57.0 Å². The van der Waals surface area contributed by atoms with Crippen molar-refractivity contribution >= 4 is 29.5 Å². The summed E-state index contributed by atoms with van der Waals surface area (Å²) in [6.45, 7) is 5.23. The molecule has 3 N–H and O–H groups in total. The molecule has 1 aliphatic heterocycles. The summed E-state index contributed by atoms with van der Waals surface area (Å²) in [6.07, 6.45) is 6.37. The highest BCUT2D eigenvalue weighted by molar-refractivity contribution is 6.09. The highest BCUT2D eigenvalue weighted by Gasteiger charge is 2.26. The maximum Gasteiger partial charge on any atom is 0.259 e. The van der Waals surface area contributed by atoms with Crippen molar-refractivity contribution in [1.29, 1.82) is 0 Å². The number of methoxy groups -OCH3 is 1. The summed E-state index contributed by atoms with van der Waals surface area (Å²) in [5.74, 6) is 0.788. The van der Waals surface area contributed by atoms with Crippen LogP contribution >= 0.6 is 0 Å². The molecule has 4 rings (SSSR count). The Hall–Kier alpha value is -4.45. The summed E-state index contributed by atoms with van der Waals surface area (Å²) in [5, 5.41) is 2.88. The number of carbonyl (C=O) groups is 3. The van der Waals surface area contributed by atoms with Crippen molar-refractivity contribution < 1.29 is 28.6 Å². The van der Waals surface area contributed by atoms with Crippen LogP contribution in [0.1, 0.15) is 64.8 Å². The van der Waals surface area contributed by atoms with Crippen molar-refractivity contribution in [2.24, 2.45) is 5.73 Å². The van der Waals surface area contributed by atoms with Gasteiger partial charge in [-0.15, -0.1) is 0 Å². The van der Waals surface area contributed by atoms with Gasteiger partial charge in [-0.05, 0) is 114 Å². The normalized spacial score (nSPS) is 14.2. The van der Waals surface area contributed by atoms with Crippen LogP contribution in [0.2, 0.25) is 0 Å². The molecule has 0 saturated carbocycles. The standard InChI is InChI=1S/C39H53N5O6/c1-28-14-17-34(37(25-28)50-23-9-8-11-31(27-45)44-21-18-30(19-22-44)42(2)3)43(4)39(47)29-15-16-33(36(26-29)48-5)41-38(46)32-12-6-7-13-35(32)49-24-10-20-40/h6-7,12-17,25-27,30-31H,8-11,18-24,40H2,1-5H3,(H,41,46). The van der Waals surface area contributed by atoms with Crippen LogP contribution in [0, 0.1) is 6.92 Å². The Kier molecular flexibility index (Phi) is 14.6. The Morgan fingerprint density at radius 1 is 0.940 bits per heavy atom. The third-order valence-electron chi connectivity index (χ3n) is 9.22. The molecule has 3 aromatic rings. The molecule has 270 valence electrons. The number of nitrogens with two attached hydrogens (primary N) is 1. The van der Waals surface area contributed by atoms with Gasteiger partial charge in [0.15, 0.2) is 0 Å². The molecule has 0 radical (unpaired) electrons. The predicted molar refractivity (Wildman–Crippen MR) is 198 cm³/mol. The average molecular weight is 688 g/mol. The molecule has 2 amide bonds. The Morgan fingerprint density at radius 2 is 1.66 bits per heavy atom. The number of nitrogens with one attached hydrogen (secondary N) is 1. The highest BCUT2D eigenvalue weighted by Crippen LogP contribution is 2.32. The smallest absolute Gasteiger partial charge is 0.259 e. The van der Waals surface area contributed by atoms with Crippen LogP contribution < -0.4 is 30.2 Å². The zero-order valence-corrected chi connectivity index (χ0v) is 30.2. The number of rotatable bonds is 18. The second-order valence-electron chi connectivity index (χ2n) is 13.0. The van der Waals surface area contributed by atoms with Crippen LogP contribution in [0.4, 0.5) is 11.4 Å². The van der Waals surface area contributed by atoms with E-state index in [0.29, 0.717) is 72.0 Å². The summed E-state index contributed by atoms with van der Waals surface area (Å²) in [5.41, 5.74) is 8.41. The van der Waals surface area contributed by atoms with E-state index in [2.05, 4.69) is 29.2 Å². The number of benzene rings is 3. The first kappa shape index (κ1) is 38.4. The lowest BCUT2D eigenvalue weighted by Gasteiger charge is -2.37. The molecule has 0 aliphatic carbocycles. The summed E-state index contributed by atoms with van der Waals surface area (Å²) < 4.78 is 17.6. The van der Waals surface area contributed by atoms with Gasteiger partial charge in [-0.25, -0.2) is 0 Å². The molecule has 1 saturated heterocycles. The van der Waals surface area contributed by atoms with Gasteiger partial charge < -0.3 is 39.9 Å². The Labute approximate surface area is 296 Å². The van der Waals surface area contributed by atoms with Gasteiger partial charge in [0.05, 0.1) is 43.3 Å². The van der Waals surface area contributed by atoms with Gasteiger partial charge in [-0.3, -0.25) is 14.5 Å². The maximum atomic E-state index is 13.7. The number of hydrogen-bond donors (Lipinski definition) is 2. The predicted octanol–water partition coefficient (Wildman–Crippen LogP) is 5.40. The first-order valence-corrected chi connectivity index (χ1v) is 17.4. The van der Waals surface area contributed by atoms with Crippen LogP contribution in [-0.4, -0.2) is 101 Å². The minimum absolute atomic E-state index is 0.0654. The SMILES string of the molecule is COc1cc(C(=O)N(C)c2ccc(C)cc2OCCCCC(C=O)N2CCC(N(C)C)CC2)ccc1NC(=O)c1ccccc1OCCCN. The highest BCUT2D eigenvalue weighted by atomic mass is 16.5. The van der Waals surface area contributed by atoms with Crippen molar-refractivity contribution in [1.82, 2.24) is 9.80 Å². The largest absolute Gasteiger partial charge is 0.495 e. The van der Waals surface area contributed by atoms with Gasteiger partial charge in [0.1, 0.15) is 23.5 Å². The Bertz CT molecular complexity index is 1570. The monoisotopic (exact) mass is 687 g/mol. The molecule has 0 spiro atoms. The van der Waals surface area contributed by atoms with Crippen molar-refractivity contribution in [3.8, 4) is 17.2 Å². The number of aryl methyl sites for hydroxylation is 1. The van der Waals surface area contributed by atoms with E-state index in [9.17, 15) is 14.4 Å². The van der Waals surface area contributed by atoms with Crippen LogP contribution in [0.15, 0.2) is 60.7 Å². The molecule has 11 nitrogen and oxygen atoms in total. The van der Waals surface area contributed by atoms with E-state index in [1.807, 2.05) is 25.1 Å². The summed E-state index contributed by atoms with van der Waals surface area (Å²) >= 11 is 0. The molecule has 3 aromatic carbocycles. The summed E-state index contributed by atoms with van der Waals surface area (Å²) in [7, 11) is 7.43. The molecule has 1 aliphatic rings. The van der Waals surface area contributed by atoms with E-state index in [4.69, 9.17) is 19.9 Å². The Morgan fingerprint density at radius 3 is 2.36 bits per heavy atom. The van der Waals surface area contributed by atoms with Crippen molar-refractivity contribution in [2.75, 3.05) is 71.3 Å². The lowest BCUT2D eigenvalue weighted by Crippen LogP contribution is -2.46. The molecule has 1 unspecified atom stereocenters. The summed E-state index contributed by atoms with van der Waals surface area (Å²) in [4.78, 5) is 45.0. The molecule has 1 fully saturated rings. The van der Waals surface area contributed by atoms with Crippen LogP contribution in [0.3, 0.4) is 0 Å². The first-order valence-electron chi connectivity index (χ1n) is 17.4. The van der Waals surface area contributed by atoms with Crippen LogP contribution in [0.25, 0.3) is 0 Å². The maximum absolute atomic E-state index is 13.7. The van der Waals surface area contributed by atoms with E-state index >= 15 is 0 Å². The number of amides is 2. The number of hydrogen-bond acceptors (Lipinski definition) is 9. The van der Waals surface area contributed by atoms with Gasteiger partial charge in [0.25, 0.3) is 11.8 Å². The number of anilines is 2. The van der Waals surface area contributed by atoms with E-state index in [-0.39, 0.29) is 17.9 Å². The number of para-hydroxylation sites is 1. The molecular formula is C39H53N5O6. The van der Waals surface area contributed by atoms with Crippen LogP contribution in [-0.2, 0) is 4.79 Å². The number of carbonyl (C=O) groups excluding carboxylic acids is 3. The molecule has 1 heterocycles. The molecule has 0 aromatic heterocycles. The minimum Gasteiger partial charge on any atom is -0.495 e. The third-order valence-corrected chi connectivity index (χ3v) is 9.22. The fourth-order valence-corrected chi connectivity index (χ4v) is 6.19. The van der Waals surface area contributed by atoms with Crippen LogP contribution in [0.5, 0.6) is 17.2 Å². The van der Waals surface area contributed by atoms with E-state index in [1.54, 1.807) is 54.4 Å². The van der Waals surface area contributed by atoms with Crippen molar-refractivity contribution in [2.45, 2.75) is 57.5 Å². The van der Waals surface area contributed by atoms with Gasteiger partial charge >= 0.3 is 0 Å². The minimum atomic E-state index is -0.365. The fourth-order valence-electron chi connectivity index (χ4n) is 6.19. The summed E-state index contributed by atoms with van der Waals surface area (Å²) in [6, 6.07) is 18.2. The first-order chi connectivity index (χ1) is 24.2. The number of nitrogens with zero attached hydrogens (tertiary/aromatic N) is 3. The Balaban J connectivity index is 1.36. The zero-order valence-electron chi connectivity index (χ0n) is 30.2. The van der Waals surface area contributed by atoms with Gasteiger partial charge in [0, 0.05) is 31.7 Å². The second kappa shape index (κ2) is 19.1. The number of piperidine rings is 1. The zero-order chi connectivity index (χ0) is 36.0. The lowest BCUT2D eigenvalue weighted by molar-refractivity contribution is -0.113.